The first kappa shape index (κ1) is 25.6. The fourth-order valence-electron chi connectivity index (χ4n) is 2.64. The molecule has 0 aliphatic carbocycles. The number of likely N-dealkylation sites (N-methyl/N-ethyl adjacent to an activating group) is 2. The SMILES string of the molecule is CN1CCN(C)CCN(CC(=O)C(C)(C)C)CCN(CC(=O)O)CC1.[68Ga+3]. The molecule has 0 aromatic carbocycles. The molecule has 0 aromatic rings. The molecule has 0 radical (unpaired) electrons. The molecule has 1 fully saturated rings. The van der Waals surface area contributed by atoms with Crippen LogP contribution in [-0.4, -0.2) is 136 Å². The molecule has 0 atom stereocenters. The van der Waals surface area contributed by atoms with Crippen molar-refractivity contribution in [1.29, 1.82) is 0 Å². The average molecular weight is 424 g/mol. The summed E-state index contributed by atoms with van der Waals surface area (Å²) in [6.45, 7) is 12.9. The summed E-state index contributed by atoms with van der Waals surface area (Å²) in [4.78, 5) is 32.2. The summed E-state index contributed by atoms with van der Waals surface area (Å²) in [7, 11) is 4.19. The summed E-state index contributed by atoms with van der Waals surface area (Å²) in [5.74, 6) is -0.571. The summed E-state index contributed by atoms with van der Waals surface area (Å²) in [6.07, 6.45) is 0. The van der Waals surface area contributed by atoms with Gasteiger partial charge < -0.3 is 14.9 Å². The van der Waals surface area contributed by atoms with Gasteiger partial charge in [-0.2, -0.15) is 0 Å². The van der Waals surface area contributed by atoms with Crippen molar-refractivity contribution in [2.75, 3.05) is 79.5 Å². The molecular weight excluding hydrogens is 388 g/mol. The van der Waals surface area contributed by atoms with Gasteiger partial charge in [0.05, 0.1) is 13.1 Å². The Morgan fingerprint density at radius 1 is 0.769 bits per heavy atom. The molecule has 0 aromatic heterocycles. The van der Waals surface area contributed by atoms with Crippen LogP contribution in [0.25, 0.3) is 0 Å². The first-order valence-corrected chi connectivity index (χ1v) is 9.15. The van der Waals surface area contributed by atoms with Gasteiger partial charge in [0.1, 0.15) is 0 Å². The van der Waals surface area contributed by atoms with Gasteiger partial charge in [-0.1, -0.05) is 20.8 Å². The minimum absolute atomic E-state index is 0. The number of Topliss-reactive ketones (excluding diaryl/α,β-unsaturated/α-hetero) is 1. The van der Waals surface area contributed by atoms with Gasteiger partial charge in [-0.3, -0.25) is 19.4 Å². The molecule has 0 spiro atoms. The second kappa shape index (κ2) is 12.1. The topological polar surface area (TPSA) is 67.3 Å². The van der Waals surface area contributed by atoms with Crippen molar-refractivity contribution in [2.45, 2.75) is 20.8 Å². The molecule has 1 rings (SSSR count). The summed E-state index contributed by atoms with van der Waals surface area (Å²) in [5, 5.41) is 9.14. The van der Waals surface area contributed by atoms with E-state index >= 15 is 0 Å². The van der Waals surface area contributed by atoms with Crippen LogP contribution in [-0.2, 0) is 9.59 Å². The number of carbonyl (C=O) groups excluding carboxylic acids is 1. The Kier molecular flexibility index (Phi) is 12.0. The van der Waals surface area contributed by atoms with Gasteiger partial charge in [0.25, 0.3) is 0 Å². The molecule has 0 unspecified atom stereocenters. The van der Waals surface area contributed by atoms with Crippen LogP contribution in [0.5, 0.6) is 0 Å². The van der Waals surface area contributed by atoms with Gasteiger partial charge in [0, 0.05) is 57.8 Å². The first-order valence-electron chi connectivity index (χ1n) is 9.15. The molecule has 146 valence electrons. The van der Waals surface area contributed by atoms with E-state index in [2.05, 4.69) is 28.8 Å². The Labute approximate surface area is 171 Å². The van der Waals surface area contributed by atoms with Crippen LogP contribution in [0, 0.1) is 5.41 Å². The molecule has 0 bridgehead atoms. The fraction of sp³-hybridized carbons (Fsp3) is 0.889. The largest absolute Gasteiger partial charge is 3.00 e. The first-order chi connectivity index (χ1) is 11.6. The van der Waals surface area contributed by atoms with E-state index in [9.17, 15) is 9.59 Å². The third-order valence-corrected chi connectivity index (χ3v) is 4.75. The van der Waals surface area contributed by atoms with E-state index in [1.54, 1.807) is 0 Å². The van der Waals surface area contributed by atoms with Gasteiger partial charge in [-0.15, -0.1) is 0 Å². The van der Waals surface area contributed by atoms with Crippen molar-refractivity contribution in [3.8, 4) is 0 Å². The minimum Gasteiger partial charge on any atom is -0.480 e. The second-order valence-corrected chi connectivity index (χ2v) is 8.23. The molecule has 26 heavy (non-hydrogen) atoms. The Bertz CT molecular complexity index is 443. The van der Waals surface area contributed by atoms with Crippen molar-refractivity contribution in [1.82, 2.24) is 19.6 Å². The monoisotopic (exact) mass is 424 g/mol. The van der Waals surface area contributed by atoms with Gasteiger partial charge >= 0.3 is 25.8 Å². The van der Waals surface area contributed by atoms with Gasteiger partial charge in [0.15, 0.2) is 5.78 Å². The average Bonchev–Trinajstić information content (AvgIpc) is 2.49. The number of carboxylic acids is 1. The number of hydrogen-bond donors (Lipinski definition) is 1. The number of nitrogens with zero attached hydrogens (tertiary/aromatic N) is 4. The maximum Gasteiger partial charge on any atom is 3.00 e. The Hall–Kier alpha value is -0.384. The van der Waals surface area contributed by atoms with E-state index in [0.29, 0.717) is 19.6 Å². The van der Waals surface area contributed by atoms with Crippen LogP contribution in [0.3, 0.4) is 0 Å². The van der Waals surface area contributed by atoms with Crippen LogP contribution in [0.1, 0.15) is 20.8 Å². The van der Waals surface area contributed by atoms with E-state index in [1.165, 1.54) is 0 Å². The molecule has 0 saturated carbocycles. The molecular formula is C18H36GaN4O3+3. The van der Waals surface area contributed by atoms with Gasteiger partial charge in [0.2, 0.25) is 0 Å². The van der Waals surface area contributed by atoms with Crippen LogP contribution >= 0.6 is 0 Å². The van der Waals surface area contributed by atoms with E-state index in [4.69, 9.17) is 5.11 Å². The molecule has 1 aliphatic heterocycles. The summed E-state index contributed by atoms with van der Waals surface area (Å²) >= 11 is 0. The van der Waals surface area contributed by atoms with Crippen molar-refractivity contribution in [3.63, 3.8) is 0 Å². The number of aliphatic carboxylic acids is 1. The van der Waals surface area contributed by atoms with Crippen molar-refractivity contribution in [3.05, 3.63) is 0 Å². The predicted molar refractivity (Wildman–Crippen MR) is 106 cm³/mol. The molecule has 8 heteroatoms. The van der Waals surface area contributed by atoms with E-state index in [0.717, 1.165) is 39.3 Å². The van der Waals surface area contributed by atoms with E-state index in [-0.39, 0.29) is 37.5 Å². The summed E-state index contributed by atoms with van der Waals surface area (Å²) in [5.41, 5.74) is -0.348. The van der Waals surface area contributed by atoms with E-state index in [1.807, 2.05) is 25.7 Å². The smallest absolute Gasteiger partial charge is 0.480 e. The standard InChI is InChI=1S/C18H36N4O3.Ga/c1-18(2,3)16(23)14-21-10-8-19(4)6-7-20(5)9-11-22(13-12-21)15-17(24)25;/h6-15H2,1-5H3,(H,24,25);/q;+3/i;1-2. The molecule has 1 heterocycles. The third-order valence-electron chi connectivity index (χ3n) is 4.75. The summed E-state index contributed by atoms with van der Waals surface area (Å²) in [6, 6.07) is 0. The third kappa shape index (κ3) is 10.7. The van der Waals surface area contributed by atoms with Gasteiger partial charge in [-0.05, 0) is 14.1 Å². The van der Waals surface area contributed by atoms with Crippen molar-refractivity contribution >= 4 is 31.5 Å². The molecule has 1 N–H and O–H groups in total. The Balaban J connectivity index is 0.00000625. The maximum atomic E-state index is 12.4. The Morgan fingerprint density at radius 3 is 1.50 bits per heavy atom. The van der Waals surface area contributed by atoms with Crippen LogP contribution in [0.2, 0.25) is 0 Å². The number of carbonyl (C=O) groups is 2. The molecule has 0 amide bonds. The fourth-order valence-corrected chi connectivity index (χ4v) is 2.64. The van der Waals surface area contributed by atoms with Crippen LogP contribution in [0.4, 0.5) is 0 Å². The molecule has 1 saturated heterocycles. The zero-order valence-corrected chi connectivity index (χ0v) is 19.6. The molecule has 1 aliphatic rings. The quantitative estimate of drug-likeness (QED) is 0.627. The van der Waals surface area contributed by atoms with Crippen LogP contribution < -0.4 is 0 Å². The van der Waals surface area contributed by atoms with E-state index < -0.39 is 5.97 Å². The van der Waals surface area contributed by atoms with Crippen molar-refractivity contribution in [2.24, 2.45) is 5.41 Å². The normalized spacial score (nSPS) is 20.7. The molecule has 7 nitrogen and oxygen atoms in total. The zero-order valence-electron chi connectivity index (χ0n) is 17.2. The minimum atomic E-state index is -0.799. The zero-order chi connectivity index (χ0) is 19.0. The number of rotatable bonds is 4. The number of hydrogen-bond acceptors (Lipinski definition) is 6. The van der Waals surface area contributed by atoms with Crippen LogP contribution in [0.15, 0.2) is 0 Å². The number of ketones is 1. The maximum absolute atomic E-state index is 12.4. The second-order valence-electron chi connectivity index (χ2n) is 8.23. The Morgan fingerprint density at radius 2 is 1.12 bits per heavy atom. The summed E-state index contributed by atoms with van der Waals surface area (Å²) < 4.78 is 0. The van der Waals surface area contributed by atoms with Crippen molar-refractivity contribution < 1.29 is 14.7 Å². The van der Waals surface area contributed by atoms with Gasteiger partial charge in [-0.25, -0.2) is 0 Å². The number of carboxylic acid groups (broad SMARTS) is 1. The predicted octanol–water partition coefficient (Wildman–Crippen LogP) is -0.213.